The number of aryl methyl sites for hydroxylation is 1. The van der Waals surface area contributed by atoms with Gasteiger partial charge >= 0.3 is 0 Å². The van der Waals surface area contributed by atoms with Gasteiger partial charge in [0.05, 0.1) is 17.6 Å². The summed E-state index contributed by atoms with van der Waals surface area (Å²) in [5.41, 5.74) is 2.76. The van der Waals surface area contributed by atoms with Gasteiger partial charge in [-0.05, 0) is 30.7 Å². The second-order valence-corrected chi connectivity index (χ2v) is 7.26. The number of amides is 2. The Kier molecular flexibility index (Phi) is 5.20. The maximum absolute atomic E-state index is 12.5. The van der Waals surface area contributed by atoms with Crippen molar-refractivity contribution in [2.45, 2.75) is 19.4 Å². The van der Waals surface area contributed by atoms with Crippen molar-refractivity contribution in [2.24, 2.45) is 7.05 Å². The number of benzene rings is 2. The smallest absolute Gasteiger partial charge is 0.260 e. The average molecular weight is 392 g/mol. The molecule has 0 aliphatic carbocycles. The molecule has 0 unspecified atom stereocenters. The van der Waals surface area contributed by atoms with E-state index in [4.69, 9.17) is 4.74 Å². The van der Waals surface area contributed by atoms with Crippen LogP contribution in [0.5, 0.6) is 5.75 Å². The number of carbonyl (C=O) groups is 2. The number of ether oxygens (including phenoxy) is 1. The molecule has 0 spiro atoms. The van der Waals surface area contributed by atoms with Gasteiger partial charge in [0.15, 0.2) is 6.61 Å². The Labute approximate surface area is 169 Å². The average Bonchev–Trinajstić information content (AvgIpc) is 3.30. The van der Waals surface area contributed by atoms with Crippen molar-refractivity contribution in [3.05, 3.63) is 54.4 Å². The molecule has 3 aromatic rings. The first kappa shape index (κ1) is 19.0. The molecule has 2 aromatic carbocycles. The van der Waals surface area contributed by atoms with E-state index in [9.17, 15) is 9.59 Å². The number of carbonyl (C=O) groups excluding carboxylic acids is 2. The third-order valence-electron chi connectivity index (χ3n) is 5.25. The minimum Gasteiger partial charge on any atom is -0.484 e. The molecule has 4 rings (SSSR count). The van der Waals surface area contributed by atoms with Crippen LogP contribution in [0.2, 0.25) is 0 Å². The zero-order valence-corrected chi connectivity index (χ0v) is 16.7. The van der Waals surface area contributed by atoms with Crippen molar-refractivity contribution in [1.82, 2.24) is 14.5 Å². The molecular weight excluding hydrogens is 368 g/mol. The number of hydrogen-bond donors (Lipinski definition) is 0. The highest BCUT2D eigenvalue weighted by atomic mass is 16.5. The largest absolute Gasteiger partial charge is 0.484 e. The summed E-state index contributed by atoms with van der Waals surface area (Å²) in [4.78, 5) is 32.4. The second kappa shape index (κ2) is 7.95. The van der Waals surface area contributed by atoms with E-state index < -0.39 is 0 Å². The number of nitrogens with zero attached hydrogens (tertiary/aromatic N) is 4. The fourth-order valence-corrected chi connectivity index (χ4v) is 3.55. The molecule has 7 heteroatoms. The van der Waals surface area contributed by atoms with E-state index in [2.05, 4.69) is 4.98 Å². The molecule has 7 nitrogen and oxygen atoms in total. The van der Waals surface area contributed by atoms with Gasteiger partial charge in [0, 0.05) is 38.8 Å². The van der Waals surface area contributed by atoms with Crippen LogP contribution in [0.1, 0.15) is 18.7 Å². The van der Waals surface area contributed by atoms with Crippen molar-refractivity contribution >= 4 is 28.5 Å². The number of likely N-dealkylation sites (N-methyl/N-ethyl adjacent to an activating group) is 1. The maximum atomic E-state index is 12.5. The van der Waals surface area contributed by atoms with E-state index >= 15 is 0 Å². The van der Waals surface area contributed by atoms with Crippen LogP contribution in [0.25, 0.3) is 11.0 Å². The molecule has 1 aliphatic heterocycles. The summed E-state index contributed by atoms with van der Waals surface area (Å²) in [5, 5.41) is 0. The van der Waals surface area contributed by atoms with Gasteiger partial charge in [-0.25, -0.2) is 4.98 Å². The fourth-order valence-electron chi connectivity index (χ4n) is 3.55. The van der Waals surface area contributed by atoms with Gasteiger partial charge in [-0.2, -0.15) is 0 Å². The van der Waals surface area contributed by atoms with E-state index in [0.29, 0.717) is 18.7 Å². The third-order valence-corrected chi connectivity index (χ3v) is 5.25. The highest BCUT2D eigenvalue weighted by molar-refractivity contribution is 5.95. The van der Waals surface area contributed by atoms with Crippen molar-refractivity contribution in [3.8, 4) is 5.75 Å². The number of anilines is 1. The standard InChI is InChI=1S/C22H24N4O3/c1-24(14-20-23-18-9-3-4-10-19(18)25(20)2)22(28)15-29-17-8-5-7-16(13-17)26-12-6-11-21(26)27/h3-5,7-10,13H,6,11-12,14-15H2,1-2H3. The Bertz CT molecular complexity index is 1060. The summed E-state index contributed by atoms with van der Waals surface area (Å²) in [6, 6.07) is 15.2. The first-order chi connectivity index (χ1) is 14.0. The summed E-state index contributed by atoms with van der Waals surface area (Å²) in [5.74, 6) is 1.38. The Morgan fingerprint density at radius 2 is 2.03 bits per heavy atom. The Hall–Kier alpha value is -3.35. The van der Waals surface area contributed by atoms with Gasteiger partial charge in [0.1, 0.15) is 11.6 Å². The van der Waals surface area contributed by atoms with Crippen LogP contribution < -0.4 is 9.64 Å². The normalized spacial score (nSPS) is 13.9. The molecule has 0 bridgehead atoms. The molecule has 0 atom stereocenters. The summed E-state index contributed by atoms with van der Waals surface area (Å²) in [6.07, 6.45) is 1.45. The summed E-state index contributed by atoms with van der Waals surface area (Å²) >= 11 is 0. The predicted octanol–water partition coefficient (Wildman–Crippen LogP) is 2.74. The van der Waals surface area contributed by atoms with E-state index in [0.717, 1.165) is 35.5 Å². The van der Waals surface area contributed by atoms with Crippen LogP contribution in [0.4, 0.5) is 5.69 Å². The zero-order chi connectivity index (χ0) is 20.4. The van der Waals surface area contributed by atoms with E-state index in [1.807, 2.05) is 54.1 Å². The fraction of sp³-hybridized carbons (Fsp3) is 0.318. The molecule has 29 heavy (non-hydrogen) atoms. The lowest BCUT2D eigenvalue weighted by atomic mass is 10.3. The Morgan fingerprint density at radius 1 is 1.21 bits per heavy atom. The van der Waals surface area contributed by atoms with Crippen molar-refractivity contribution in [2.75, 3.05) is 25.1 Å². The summed E-state index contributed by atoms with van der Waals surface area (Å²) < 4.78 is 7.69. The van der Waals surface area contributed by atoms with Crippen LogP contribution in [0.3, 0.4) is 0 Å². The van der Waals surface area contributed by atoms with E-state index in [1.54, 1.807) is 22.9 Å². The monoisotopic (exact) mass is 392 g/mol. The first-order valence-corrected chi connectivity index (χ1v) is 9.70. The van der Waals surface area contributed by atoms with E-state index in [1.165, 1.54) is 0 Å². The number of imidazole rings is 1. The molecule has 0 N–H and O–H groups in total. The van der Waals surface area contributed by atoms with Crippen LogP contribution >= 0.6 is 0 Å². The van der Waals surface area contributed by atoms with Gasteiger partial charge in [0.2, 0.25) is 5.91 Å². The van der Waals surface area contributed by atoms with Crippen molar-refractivity contribution < 1.29 is 14.3 Å². The first-order valence-electron chi connectivity index (χ1n) is 9.70. The molecule has 1 saturated heterocycles. The molecule has 0 saturated carbocycles. The number of hydrogen-bond acceptors (Lipinski definition) is 4. The topological polar surface area (TPSA) is 67.7 Å². The molecule has 1 aromatic heterocycles. The second-order valence-electron chi connectivity index (χ2n) is 7.26. The Balaban J connectivity index is 1.38. The minimum atomic E-state index is -0.139. The Morgan fingerprint density at radius 3 is 2.79 bits per heavy atom. The maximum Gasteiger partial charge on any atom is 0.260 e. The summed E-state index contributed by atoms with van der Waals surface area (Å²) in [6.45, 7) is 1.05. The minimum absolute atomic E-state index is 0.0716. The van der Waals surface area contributed by atoms with Gasteiger partial charge < -0.3 is 19.1 Å². The molecule has 1 fully saturated rings. The van der Waals surface area contributed by atoms with Crippen LogP contribution in [-0.4, -0.2) is 46.5 Å². The lowest BCUT2D eigenvalue weighted by Gasteiger charge is -2.19. The highest BCUT2D eigenvalue weighted by Gasteiger charge is 2.22. The van der Waals surface area contributed by atoms with E-state index in [-0.39, 0.29) is 18.4 Å². The van der Waals surface area contributed by atoms with Gasteiger partial charge in [-0.3, -0.25) is 9.59 Å². The third kappa shape index (κ3) is 3.94. The quantitative estimate of drug-likeness (QED) is 0.647. The molecule has 0 radical (unpaired) electrons. The van der Waals surface area contributed by atoms with Gasteiger partial charge in [0.25, 0.3) is 5.91 Å². The van der Waals surface area contributed by atoms with Crippen molar-refractivity contribution in [1.29, 1.82) is 0 Å². The van der Waals surface area contributed by atoms with Gasteiger partial charge in [-0.15, -0.1) is 0 Å². The highest BCUT2D eigenvalue weighted by Crippen LogP contribution is 2.25. The molecule has 2 heterocycles. The molecular formula is C22H24N4O3. The summed E-state index contributed by atoms with van der Waals surface area (Å²) in [7, 11) is 3.69. The van der Waals surface area contributed by atoms with Crippen LogP contribution in [-0.2, 0) is 23.2 Å². The predicted molar refractivity (Wildman–Crippen MR) is 111 cm³/mol. The zero-order valence-electron chi connectivity index (χ0n) is 16.7. The number of fused-ring (bicyclic) bond motifs is 1. The molecule has 150 valence electrons. The van der Waals surface area contributed by atoms with Crippen LogP contribution in [0, 0.1) is 0 Å². The van der Waals surface area contributed by atoms with Crippen molar-refractivity contribution in [3.63, 3.8) is 0 Å². The lowest BCUT2D eigenvalue weighted by molar-refractivity contribution is -0.132. The lowest BCUT2D eigenvalue weighted by Crippen LogP contribution is -2.31. The van der Waals surface area contributed by atoms with Crippen LogP contribution in [0.15, 0.2) is 48.5 Å². The SMILES string of the molecule is CN(Cc1nc2ccccc2n1C)C(=O)COc1cccc(N2CCCC2=O)c1. The molecule has 1 aliphatic rings. The molecule has 2 amide bonds. The number of para-hydroxylation sites is 2. The number of aromatic nitrogens is 2. The number of rotatable bonds is 6. The van der Waals surface area contributed by atoms with Gasteiger partial charge in [-0.1, -0.05) is 18.2 Å².